The third-order valence-corrected chi connectivity index (χ3v) is 0.463. The number of amidine groups is 1. The Bertz CT molecular complexity index is 161. The quantitative estimate of drug-likeness (QED) is 0.165. The monoisotopic (exact) mass is 133 g/mol. The second-order valence-electron chi connectivity index (χ2n) is 0.960. The Balaban J connectivity index is 4.19. The molecule has 9 heavy (non-hydrogen) atoms. The Morgan fingerprint density at radius 3 is 2.33 bits per heavy atom. The van der Waals surface area contributed by atoms with Crippen LogP contribution in [0.5, 0.6) is 0 Å². The van der Waals surface area contributed by atoms with Crippen molar-refractivity contribution in [2.24, 2.45) is 10.3 Å². The molecule has 0 aliphatic carbocycles. The van der Waals surface area contributed by atoms with E-state index in [1.165, 1.54) is 0 Å². The van der Waals surface area contributed by atoms with E-state index < -0.39 is 10.8 Å². The van der Waals surface area contributed by atoms with Crippen LogP contribution >= 0.6 is 0 Å². The van der Waals surface area contributed by atoms with Crippen LogP contribution in [0.25, 0.3) is 0 Å². The molecule has 0 saturated carbocycles. The molecule has 0 aromatic heterocycles. The summed E-state index contributed by atoms with van der Waals surface area (Å²) in [6.45, 7) is 0. The minimum atomic E-state index is -1.00. The first-order valence-corrected chi connectivity index (χ1v) is 1.76. The van der Waals surface area contributed by atoms with Gasteiger partial charge in [-0.25, -0.2) is 0 Å². The van der Waals surface area contributed by atoms with Crippen molar-refractivity contribution in [2.75, 3.05) is 0 Å². The lowest BCUT2D eigenvalue weighted by molar-refractivity contribution is -0.347. The number of nitrogens with zero attached hydrogens (tertiary/aromatic N) is 3. The molecule has 7 nitrogen and oxygen atoms in total. The molecule has 50 valence electrons. The summed E-state index contributed by atoms with van der Waals surface area (Å²) in [6.07, 6.45) is 0.403. The standard InChI is InChI=1S/C2H3N3O4/c6-3-1-2(4-7)5(8)9/h1,6-7H. The number of oxime groups is 2. The van der Waals surface area contributed by atoms with Crippen molar-refractivity contribution in [3.63, 3.8) is 0 Å². The molecule has 0 rings (SSSR count). The fraction of sp³-hybridized carbons (Fsp3) is 0. The maximum Gasteiger partial charge on any atom is 0.431 e. The van der Waals surface area contributed by atoms with Gasteiger partial charge in [0, 0.05) is 0 Å². The van der Waals surface area contributed by atoms with Gasteiger partial charge in [0.1, 0.15) is 0 Å². The Hall–Kier alpha value is -1.66. The van der Waals surface area contributed by atoms with Gasteiger partial charge in [-0.3, -0.25) is 0 Å². The Labute approximate surface area is 49.0 Å². The largest absolute Gasteiger partial charge is 0.431 e. The van der Waals surface area contributed by atoms with Gasteiger partial charge in [-0.1, -0.05) is 5.16 Å². The molecule has 0 aliphatic heterocycles. The van der Waals surface area contributed by atoms with Crippen molar-refractivity contribution in [1.29, 1.82) is 0 Å². The molecular formula is C2H3N3O4. The molecule has 2 N–H and O–H groups in total. The Kier molecular flexibility index (Phi) is 2.74. The van der Waals surface area contributed by atoms with Gasteiger partial charge in [-0.05, 0) is 4.92 Å². The van der Waals surface area contributed by atoms with Gasteiger partial charge >= 0.3 is 5.84 Å². The number of rotatable bonds is 1. The van der Waals surface area contributed by atoms with E-state index in [0.717, 1.165) is 0 Å². The van der Waals surface area contributed by atoms with Crippen LogP contribution in [-0.2, 0) is 0 Å². The van der Waals surface area contributed by atoms with Crippen LogP contribution in [0.15, 0.2) is 10.3 Å². The lowest BCUT2D eigenvalue weighted by Gasteiger charge is -1.84. The van der Waals surface area contributed by atoms with E-state index in [2.05, 4.69) is 10.3 Å². The lowest BCUT2D eigenvalue weighted by atomic mass is 10.7. The fourth-order valence-corrected chi connectivity index (χ4v) is 0.161. The normalized spacial score (nSPS) is 12.2. The van der Waals surface area contributed by atoms with Crippen molar-refractivity contribution >= 4 is 12.1 Å². The van der Waals surface area contributed by atoms with E-state index in [9.17, 15) is 10.1 Å². The van der Waals surface area contributed by atoms with Gasteiger partial charge in [0.25, 0.3) is 0 Å². The van der Waals surface area contributed by atoms with Crippen molar-refractivity contribution < 1.29 is 15.3 Å². The van der Waals surface area contributed by atoms with Crippen LogP contribution in [0, 0.1) is 10.1 Å². The minimum Gasteiger partial charge on any atom is -0.411 e. The van der Waals surface area contributed by atoms with Crippen LogP contribution in [0.2, 0.25) is 0 Å². The molecule has 7 heteroatoms. The zero-order chi connectivity index (χ0) is 7.28. The SMILES string of the molecule is O=[N+]([O-])C(C=NO)=NO. The summed E-state index contributed by atoms with van der Waals surface area (Å²) >= 11 is 0. The van der Waals surface area contributed by atoms with Crippen molar-refractivity contribution in [1.82, 2.24) is 0 Å². The second kappa shape index (κ2) is 3.36. The molecule has 0 fully saturated rings. The van der Waals surface area contributed by atoms with Crippen LogP contribution < -0.4 is 0 Å². The summed E-state index contributed by atoms with van der Waals surface area (Å²) in [5, 5.41) is 29.6. The van der Waals surface area contributed by atoms with Crippen LogP contribution in [0.4, 0.5) is 0 Å². The zero-order valence-corrected chi connectivity index (χ0v) is 4.13. The first-order valence-electron chi connectivity index (χ1n) is 1.76. The summed E-state index contributed by atoms with van der Waals surface area (Å²) in [6, 6.07) is 0. The number of nitro groups is 1. The van der Waals surface area contributed by atoms with Crippen LogP contribution in [0.3, 0.4) is 0 Å². The summed E-state index contributed by atoms with van der Waals surface area (Å²) in [7, 11) is 0. The highest BCUT2D eigenvalue weighted by Crippen LogP contribution is 1.72. The van der Waals surface area contributed by atoms with E-state index in [4.69, 9.17) is 10.4 Å². The predicted octanol–water partition coefficient (Wildman–Crippen LogP) is -0.489. The lowest BCUT2D eigenvalue weighted by Crippen LogP contribution is -2.12. The average Bonchev–Trinajstić information content (AvgIpc) is 1.82. The van der Waals surface area contributed by atoms with Gasteiger partial charge in [-0.15, -0.1) is 0 Å². The first kappa shape index (κ1) is 7.34. The molecule has 0 unspecified atom stereocenters. The van der Waals surface area contributed by atoms with Gasteiger partial charge in [0.05, 0.1) is 0 Å². The third-order valence-electron chi connectivity index (χ3n) is 0.463. The Morgan fingerprint density at radius 2 is 2.22 bits per heavy atom. The molecule has 0 aromatic carbocycles. The summed E-state index contributed by atoms with van der Waals surface area (Å²) < 4.78 is 0. The molecule has 0 heterocycles. The highest BCUT2D eigenvalue weighted by molar-refractivity contribution is 6.24. The van der Waals surface area contributed by atoms with Gasteiger partial charge < -0.3 is 20.5 Å². The highest BCUT2D eigenvalue weighted by Gasteiger charge is 2.07. The van der Waals surface area contributed by atoms with Crippen molar-refractivity contribution in [3.8, 4) is 0 Å². The van der Waals surface area contributed by atoms with E-state index in [0.29, 0.717) is 6.21 Å². The maximum absolute atomic E-state index is 9.63. The minimum absolute atomic E-state index is 0.403. The Morgan fingerprint density at radius 1 is 1.67 bits per heavy atom. The summed E-state index contributed by atoms with van der Waals surface area (Å²) in [4.78, 5) is 8.63. The molecule has 0 bridgehead atoms. The summed E-state index contributed by atoms with van der Waals surface area (Å²) in [5.41, 5.74) is 0. The highest BCUT2D eigenvalue weighted by atomic mass is 16.6. The average molecular weight is 133 g/mol. The van der Waals surface area contributed by atoms with E-state index in [-0.39, 0.29) is 0 Å². The van der Waals surface area contributed by atoms with Crippen LogP contribution in [-0.4, -0.2) is 27.4 Å². The molecular weight excluding hydrogens is 130 g/mol. The molecule has 0 radical (unpaired) electrons. The van der Waals surface area contributed by atoms with Gasteiger partial charge in [0.15, 0.2) is 11.4 Å². The fourth-order valence-electron chi connectivity index (χ4n) is 0.161. The maximum atomic E-state index is 9.63. The molecule has 0 spiro atoms. The van der Waals surface area contributed by atoms with Gasteiger partial charge in [0.2, 0.25) is 0 Å². The molecule has 0 aromatic rings. The third kappa shape index (κ3) is 2.22. The molecule has 0 amide bonds. The zero-order valence-electron chi connectivity index (χ0n) is 4.13. The molecule has 0 atom stereocenters. The molecule has 0 saturated heterocycles. The number of hydrogen-bond donors (Lipinski definition) is 2. The van der Waals surface area contributed by atoms with Crippen LogP contribution in [0.1, 0.15) is 0 Å². The predicted molar refractivity (Wildman–Crippen MR) is 26.5 cm³/mol. The van der Waals surface area contributed by atoms with E-state index >= 15 is 0 Å². The first-order chi connectivity index (χ1) is 4.22. The van der Waals surface area contributed by atoms with E-state index in [1.807, 2.05) is 0 Å². The number of hydrogen-bond acceptors (Lipinski definition) is 6. The van der Waals surface area contributed by atoms with Gasteiger partial charge in [-0.2, -0.15) is 0 Å². The molecule has 0 aliphatic rings. The smallest absolute Gasteiger partial charge is 0.411 e. The topological polar surface area (TPSA) is 108 Å². The second-order valence-corrected chi connectivity index (χ2v) is 0.960. The van der Waals surface area contributed by atoms with Crippen molar-refractivity contribution in [3.05, 3.63) is 10.1 Å². The van der Waals surface area contributed by atoms with Crippen molar-refractivity contribution in [2.45, 2.75) is 0 Å². The van der Waals surface area contributed by atoms with E-state index in [1.54, 1.807) is 0 Å². The summed E-state index contributed by atoms with van der Waals surface area (Å²) in [5.74, 6) is -0.919.